The Hall–Kier alpha value is -2.38. The van der Waals surface area contributed by atoms with E-state index in [0.717, 1.165) is 16.6 Å². The standard InChI is InChI=1S/C11H5F4N3O/c12-5-1-2-6-7(3-5)18-8(10(19)16-6)4-9(17-18)11(13,14)15/h1-4H,(H,16,19). The highest BCUT2D eigenvalue weighted by atomic mass is 19.4. The lowest BCUT2D eigenvalue weighted by Crippen LogP contribution is -2.10. The average molecular weight is 271 g/mol. The molecule has 4 nitrogen and oxygen atoms in total. The van der Waals surface area contributed by atoms with Gasteiger partial charge in [0.2, 0.25) is 0 Å². The third-order valence-corrected chi connectivity index (χ3v) is 2.67. The first-order valence-electron chi connectivity index (χ1n) is 5.15. The Morgan fingerprint density at radius 2 is 1.89 bits per heavy atom. The van der Waals surface area contributed by atoms with Crippen LogP contribution in [0.15, 0.2) is 29.1 Å². The van der Waals surface area contributed by atoms with E-state index < -0.39 is 23.2 Å². The number of H-pyrrole nitrogens is 1. The van der Waals surface area contributed by atoms with Gasteiger partial charge in [-0.3, -0.25) is 4.79 Å². The highest BCUT2D eigenvalue weighted by Gasteiger charge is 2.34. The summed E-state index contributed by atoms with van der Waals surface area (Å²) in [6.07, 6.45) is -4.67. The molecule has 1 aromatic carbocycles. The van der Waals surface area contributed by atoms with Crippen LogP contribution < -0.4 is 5.56 Å². The van der Waals surface area contributed by atoms with Gasteiger partial charge in [-0.2, -0.15) is 18.3 Å². The number of fused-ring (bicyclic) bond motifs is 3. The lowest BCUT2D eigenvalue weighted by Gasteiger charge is -2.01. The lowest BCUT2D eigenvalue weighted by atomic mass is 10.3. The fourth-order valence-electron chi connectivity index (χ4n) is 1.84. The van der Waals surface area contributed by atoms with Gasteiger partial charge >= 0.3 is 6.18 Å². The summed E-state index contributed by atoms with van der Waals surface area (Å²) in [6, 6.07) is 3.99. The molecule has 3 aromatic rings. The van der Waals surface area contributed by atoms with Crippen LogP contribution in [0.2, 0.25) is 0 Å². The Bertz CT molecular complexity index is 847. The van der Waals surface area contributed by atoms with Crippen LogP contribution in [0.5, 0.6) is 0 Å². The number of halogens is 4. The molecule has 0 saturated heterocycles. The molecule has 19 heavy (non-hydrogen) atoms. The van der Waals surface area contributed by atoms with Gasteiger partial charge in [0.05, 0.1) is 11.0 Å². The highest BCUT2D eigenvalue weighted by Crippen LogP contribution is 2.28. The molecule has 0 amide bonds. The molecule has 0 aliphatic carbocycles. The van der Waals surface area contributed by atoms with Crippen molar-refractivity contribution < 1.29 is 17.6 Å². The van der Waals surface area contributed by atoms with Crippen molar-refractivity contribution in [3.63, 3.8) is 0 Å². The van der Waals surface area contributed by atoms with E-state index in [1.165, 1.54) is 6.07 Å². The molecule has 3 rings (SSSR count). The van der Waals surface area contributed by atoms with E-state index >= 15 is 0 Å². The first kappa shape index (κ1) is 11.7. The van der Waals surface area contributed by atoms with Gasteiger partial charge in [0.1, 0.15) is 11.3 Å². The van der Waals surface area contributed by atoms with Crippen LogP contribution in [-0.4, -0.2) is 14.6 Å². The Kier molecular flexibility index (Phi) is 2.19. The summed E-state index contributed by atoms with van der Waals surface area (Å²) in [5.74, 6) is -0.634. The summed E-state index contributed by atoms with van der Waals surface area (Å²) in [5, 5.41) is 3.32. The zero-order valence-corrected chi connectivity index (χ0v) is 9.12. The topological polar surface area (TPSA) is 50.2 Å². The van der Waals surface area contributed by atoms with Gasteiger partial charge in [-0.1, -0.05) is 0 Å². The van der Waals surface area contributed by atoms with Crippen molar-refractivity contribution in [2.24, 2.45) is 0 Å². The third kappa shape index (κ3) is 1.76. The summed E-state index contributed by atoms with van der Waals surface area (Å²) in [7, 11) is 0. The smallest absolute Gasteiger partial charge is 0.319 e. The molecule has 8 heteroatoms. The molecular formula is C11H5F4N3O. The van der Waals surface area contributed by atoms with Gasteiger partial charge in [0.25, 0.3) is 5.56 Å². The van der Waals surface area contributed by atoms with Crippen LogP contribution in [-0.2, 0) is 6.18 Å². The number of nitrogens with one attached hydrogen (secondary N) is 1. The van der Waals surface area contributed by atoms with Crippen molar-refractivity contribution in [1.29, 1.82) is 0 Å². The first-order chi connectivity index (χ1) is 8.86. The van der Waals surface area contributed by atoms with Gasteiger partial charge in [-0.15, -0.1) is 0 Å². The quantitative estimate of drug-likeness (QED) is 0.638. The fraction of sp³-hybridized carbons (Fsp3) is 0.0909. The van der Waals surface area contributed by atoms with Crippen LogP contribution >= 0.6 is 0 Å². The van der Waals surface area contributed by atoms with Gasteiger partial charge in [-0.25, -0.2) is 8.91 Å². The second-order valence-corrected chi connectivity index (χ2v) is 3.94. The summed E-state index contributed by atoms with van der Waals surface area (Å²) < 4.78 is 51.7. The fourth-order valence-corrected chi connectivity index (χ4v) is 1.84. The number of alkyl halides is 3. The molecule has 2 aromatic heterocycles. The predicted molar refractivity (Wildman–Crippen MR) is 58.3 cm³/mol. The van der Waals surface area contributed by atoms with Crippen LogP contribution in [0.3, 0.4) is 0 Å². The van der Waals surface area contributed by atoms with Gasteiger partial charge in [-0.05, 0) is 12.1 Å². The molecule has 0 spiro atoms. The largest absolute Gasteiger partial charge is 0.435 e. The second-order valence-electron chi connectivity index (χ2n) is 3.94. The minimum atomic E-state index is -4.67. The van der Waals surface area contributed by atoms with Crippen molar-refractivity contribution in [3.05, 3.63) is 46.1 Å². The molecule has 0 aliphatic rings. The number of nitrogens with zero attached hydrogens (tertiary/aromatic N) is 2. The zero-order valence-electron chi connectivity index (χ0n) is 9.12. The number of benzene rings is 1. The molecule has 2 heterocycles. The van der Waals surface area contributed by atoms with Crippen molar-refractivity contribution in [3.8, 4) is 0 Å². The Balaban J connectivity index is 2.49. The van der Waals surface area contributed by atoms with Gasteiger partial charge < -0.3 is 4.98 Å². The molecule has 1 N–H and O–H groups in total. The summed E-state index contributed by atoms with van der Waals surface area (Å²) in [6.45, 7) is 0. The number of hydrogen-bond acceptors (Lipinski definition) is 2. The van der Waals surface area contributed by atoms with Crippen LogP contribution in [0.4, 0.5) is 17.6 Å². The molecule has 0 saturated carbocycles. The van der Waals surface area contributed by atoms with Gasteiger partial charge in [0, 0.05) is 12.1 Å². The third-order valence-electron chi connectivity index (χ3n) is 2.67. The van der Waals surface area contributed by atoms with E-state index in [1.807, 2.05) is 0 Å². The van der Waals surface area contributed by atoms with E-state index in [2.05, 4.69) is 10.1 Å². The second kappa shape index (κ2) is 3.56. The number of hydrogen-bond donors (Lipinski definition) is 1. The number of rotatable bonds is 0. The highest BCUT2D eigenvalue weighted by molar-refractivity contribution is 5.77. The maximum Gasteiger partial charge on any atom is 0.435 e. The molecule has 0 unspecified atom stereocenters. The maximum absolute atomic E-state index is 13.2. The van der Waals surface area contributed by atoms with E-state index in [-0.39, 0.29) is 16.6 Å². The summed E-state index contributed by atoms with van der Waals surface area (Å²) >= 11 is 0. The first-order valence-corrected chi connectivity index (χ1v) is 5.15. The van der Waals surface area contributed by atoms with Crippen LogP contribution in [0.1, 0.15) is 5.69 Å². The van der Waals surface area contributed by atoms with E-state index in [0.29, 0.717) is 6.07 Å². The normalized spacial score (nSPS) is 12.4. The van der Waals surface area contributed by atoms with Crippen molar-refractivity contribution in [1.82, 2.24) is 14.6 Å². The monoisotopic (exact) mass is 271 g/mol. The van der Waals surface area contributed by atoms with Crippen LogP contribution in [0, 0.1) is 5.82 Å². The maximum atomic E-state index is 13.2. The average Bonchev–Trinajstić information content (AvgIpc) is 2.76. The molecule has 0 atom stereocenters. The lowest BCUT2D eigenvalue weighted by molar-refractivity contribution is -0.141. The number of aromatic amines is 1. The van der Waals surface area contributed by atoms with Crippen molar-refractivity contribution >= 4 is 16.6 Å². The van der Waals surface area contributed by atoms with E-state index in [9.17, 15) is 22.4 Å². The number of aromatic nitrogens is 3. The summed E-state index contributed by atoms with van der Waals surface area (Å²) in [5.41, 5.74) is -1.94. The molecule has 0 aliphatic heterocycles. The van der Waals surface area contributed by atoms with Crippen molar-refractivity contribution in [2.75, 3.05) is 0 Å². The van der Waals surface area contributed by atoms with E-state index in [4.69, 9.17) is 0 Å². The van der Waals surface area contributed by atoms with E-state index in [1.54, 1.807) is 0 Å². The zero-order chi connectivity index (χ0) is 13.8. The molecule has 0 bridgehead atoms. The predicted octanol–water partition coefficient (Wildman–Crippen LogP) is 2.33. The Morgan fingerprint density at radius 1 is 1.16 bits per heavy atom. The van der Waals surface area contributed by atoms with Crippen LogP contribution in [0.25, 0.3) is 16.6 Å². The molecular weight excluding hydrogens is 266 g/mol. The Morgan fingerprint density at radius 3 is 2.58 bits per heavy atom. The summed E-state index contributed by atoms with van der Waals surface area (Å²) in [4.78, 5) is 14.0. The minimum Gasteiger partial charge on any atom is -0.319 e. The molecule has 98 valence electrons. The minimum absolute atomic E-state index is 0.0603. The van der Waals surface area contributed by atoms with Gasteiger partial charge in [0.15, 0.2) is 5.69 Å². The molecule has 0 radical (unpaired) electrons. The van der Waals surface area contributed by atoms with Crippen molar-refractivity contribution in [2.45, 2.75) is 6.18 Å². The molecule has 0 fully saturated rings. The SMILES string of the molecule is O=c1[nH]c2ccc(F)cc2n2nc(C(F)(F)F)cc12. The Labute approximate surface area is 102 Å².